The van der Waals surface area contributed by atoms with Crippen molar-refractivity contribution in [2.75, 3.05) is 25.0 Å². The molecule has 1 saturated heterocycles. The quantitative estimate of drug-likeness (QED) is 0.859. The summed E-state index contributed by atoms with van der Waals surface area (Å²) in [6, 6.07) is 1.40. The van der Waals surface area contributed by atoms with Crippen molar-refractivity contribution in [2.45, 2.75) is 46.8 Å². The molecular formula is C17H25N3O4. The number of urea groups is 1. The third-order valence-electron chi connectivity index (χ3n) is 3.85. The fraction of sp³-hybridized carbons (Fsp3) is 0.588. The van der Waals surface area contributed by atoms with E-state index in [0.29, 0.717) is 35.7 Å². The van der Waals surface area contributed by atoms with Gasteiger partial charge < -0.3 is 19.7 Å². The maximum Gasteiger partial charge on any atom is 0.340 e. The van der Waals surface area contributed by atoms with Gasteiger partial charge in [-0.15, -0.1) is 0 Å². The molecule has 1 fully saturated rings. The molecular weight excluding hydrogens is 310 g/mol. The molecule has 0 bridgehead atoms. The smallest absolute Gasteiger partial charge is 0.340 e. The van der Waals surface area contributed by atoms with Crippen LogP contribution in [0.25, 0.3) is 0 Å². The average Bonchev–Trinajstić information content (AvgIpc) is 2.49. The van der Waals surface area contributed by atoms with Crippen LogP contribution < -0.4 is 5.32 Å². The third kappa shape index (κ3) is 4.23. The molecule has 1 aromatic rings. The number of aryl methyl sites for hydroxylation is 2. The first-order valence-corrected chi connectivity index (χ1v) is 8.18. The number of carbonyl (C=O) groups excluding carboxylic acids is 2. The molecule has 0 aliphatic carbocycles. The summed E-state index contributed by atoms with van der Waals surface area (Å²) in [5.41, 5.74) is 2.11. The molecule has 2 atom stereocenters. The second-order valence-electron chi connectivity index (χ2n) is 6.07. The van der Waals surface area contributed by atoms with Crippen LogP contribution in [0.1, 0.15) is 42.5 Å². The molecule has 2 heterocycles. The van der Waals surface area contributed by atoms with Crippen molar-refractivity contribution < 1.29 is 19.1 Å². The van der Waals surface area contributed by atoms with Gasteiger partial charge in [0, 0.05) is 13.1 Å². The van der Waals surface area contributed by atoms with E-state index in [1.165, 1.54) is 0 Å². The Morgan fingerprint density at radius 1 is 1.29 bits per heavy atom. The lowest BCUT2D eigenvalue weighted by molar-refractivity contribution is -0.0530. The van der Waals surface area contributed by atoms with E-state index in [2.05, 4.69) is 10.3 Å². The first kappa shape index (κ1) is 18.2. The van der Waals surface area contributed by atoms with Crippen molar-refractivity contribution in [3.8, 4) is 0 Å². The van der Waals surface area contributed by atoms with E-state index in [0.717, 1.165) is 0 Å². The van der Waals surface area contributed by atoms with E-state index in [4.69, 9.17) is 9.47 Å². The minimum Gasteiger partial charge on any atom is -0.462 e. The van der Waals surface area contributed by atoms with Gasteiger partial charge in [-0.25, -0.2) is 9.59 Å². The number of nitrogens with one attached hydrogen (secondary N) is 1. The lowest BCUT2D eigenvalue weighted by atomic mass is 10.1. The van der Waals surface area contributed by atoms with E-state index in [1.807, 2.05) is 13.8 Å². The van der Waals surface area contributed by atoms with Gasteiger partial charge in [0.2, 0.25) is 0 Å². The number of morpholine rings is 1. The Kier molecular flexibility index (Phi) is 5.77. The standard InChI is InChI=1S/C17H25N3O4/c1-6-23-16(21)14-7-15(13(5)18-12(14)4)19-17(22)20-8-10(2)24-11(3)9-20/h7,10-11H,6,8-9H2,1-5H3,(H,19,22)/t10-,11-/m1/s1. The van der Waals surface area contributed by atoms with Crippen molar-refractivity contribution in [1.82, 2.24) is 9.88 Å². The summed E-state index contributed by atoms with van der Waals surface area (Å²) in [4.78, 5) is 30.6. The monoisotopic (exact) mass is 335 g/mol. The van der Waals surface area contributed by atoms with Crippen molar-refractivity contribution in [3.05, 3.63) is 23.0 Å². The normalized spacial score (nSPS) is 20.6. The summed E-state index contributed by atoms with van der Waals surface area (Å²) in [6.07, 6.45) is -0.0151. The molecule has 0 spiro atoms. The topological polar surface area (TPSA) is 80.8 Å². The number of aromatic nitrogens is 1. The largest absolute Gasteiger partial charge is 0.462 e. The number of carbonyl (C=O) groups is 2. The van der Waals surface area contributed by atoms with Gasteiger partial charge in [0.15, 0.2) is 0 Å². The highest BCUT2D eigenvalue weighted by molar-refractivity contribution is 5.95. The predicted octanol–water partition coefficient (Wildman–Crippen LogP) is 2.52. The molecule has 1 N–H and O–H groups in total. The van der Waals surface area contributed by atoms with Crippen molar-refractivity contribution >= 4 is 17.7 Å². The second-order valence-corrected chi connectivity index (χ2v) is 6.07. The van der Waals surface area contributed by atoms with Crippen LogP contribution in [0.15, 0.2) is 6.07 Å². The van der Waals surface area contributed by atoms with E-state index >= 15 is 0 Å². The first-order valence-electron chi connectivity index (χ1n) is 8.18. The zero-order valence-corrected chi connectivity index (χ0v) is 14.9. The summed E-state index contributed by atoms with van der Waals surface area (Å²) in [5, 5.41) is 2.85. The molecule has 0 saturated carbocycles. The molecule has 2 rings (SSSR count). The van der Waals surface area contributed by atoms with E-state index in [-0.39, 0.29) is 24.8 Å². The van der Waals surface area contributed by atoms with E-state index in [1.54, 1.807) is 31.7 Å². The van der Waals surface area contributed by atoms with Gasteiger partial charge in [-0.05, 0) is 40.7 Å². The fourth-order valence-electron chi connectivity index (χ4n) is 2.81. The van der Waals surface area contributed by atoms with Gasteiger partial charge in [0.25, 0.3) is 0 Å². The Morgan fingerprint density at radius 3 is 2.50 bits per heavy atom. The van der Waals surface area contributed by atoms with Gasteiger partial charge in [-0.2, -0.15) is 0 Å². The summed E-state index contributed by atoms with van der Waals surface area (Å²) in [6.45, 7) is 10.5. The molecule has 2 amide bonds. The van der Waals surface area contributed by atoms with E-state index in [9.17, 15) is 9.59 Å². The number of hydrogen-bond acceptors (Lipinski definition) is 5. The van der Waals surface area contributed by atoms with Gasteiger partial charge >= 0.3 is 12.0 Å². The van der Waals surface area contributed by atoms with Gasteiger partial charge in [0.1, 0.15) is 0 Å². The van der Waals surface area contributed by atoms with Crippen LogP contribution in [0.2, 0.25) is 0 Å². The SMILES string of the molecule is CCOC(=O)c1cc(NC(=O)N2C[C@@H](C)O[C@H](C)C2)c(C)nc1C. The minimum atomic E-state index is -0.438. The Morgan fingerprint density at radius 2 is 1.92 bits per heavy atom. The number of pyridine rings is 1. The number of hydrogen-bond donors (Lipinski definition) is 1. The van der Waals surface area contributed by atoms with Gasteiger partial charge in [0.05, 0.1) is 41.5 Å². The third-order valence-corrected chi connectivity index (χ3v) is 3.85. The number of amides is 2. The van der Waals surface area contributed by atoms with Crippen molar-refractivity contribution in [1.29, 1.82) is 0 Å². The van der Waals surface area contributed by atoms with Crippen LogP contribution in [-0.2, 0) is 9.47 Å². The Hall–Kier alpha value is -2.15. The predicted molar refractivity (Wildman–Crippen MR) is 90.3 cm³/mol. The molecule has 24 heavy (non-hydrogen) atoms. The Bertz CT molecular complexity index is 623. The van der Waals surface area contributed by atoms with Crippen LogP contribution in [0, 0.1) is 13.8 Å². The number of nitrogens with zero attached hydrogens (tertiary/aromatic N) is 2. The van der Waals surface area contributed by atoms with Gasteiger partial charge in [-0.1, -0.05) is 0 Å². The maximum atomic E-state index is 12.5. The Balaban J connectivity index is 2.18. The highest BCUT2D eigenvalue weighted by Crippen LogP contribution is 2.20. The summed E-state index contributed by atoms with van der Waals surface area (Å²) in [7, 11) is 0. The van der Waals surface area contributed by atoms with Crippen molar-refractivity contribution in [2.24, 2.45) is 0 Å². The molecule has 1 aliphatic heterocycles. The van der Waals surface area contributed by atoms with Gasteiger partial charge in [-0.3, -0.25) is 4.98 Å². The van der Waals surface area contributed by atoms with Crippen LogP contribution in [0.4, 0.5) is 10.5 Å². The Labute approximate surface area is 142 Å². The number of anilines is 1. The second kappa shape index (κ2) is 7.61. The summed E-state index contributed by atoms with van der Waals surface area (Å²) >= 11 is 0. The minimum absolute atomic E-state index is 0.00756. The number of ether oxygens (including phenoxy) is 2. The molecule has 1 aromatic heterocycles. The summed E-state index contributed by atoms with van der Waals surface area (Å²) in [5.74, 6) is -0.438. The number of esters is 1. The molecule has 0 radical (unpaired) electrons. The molecule has 1 aliphatic rings. The van der Waals surface area contributed by atoms with Crippen LogP contribution >= 0.6 is 0 Å². The molecule has 7 nitrogen and oxygen atoms in total. The molecule has 132 valence electrons. The van der Waals surface area contributed by atoms with Crippen molar-refractivity contribution in [3.63, 3.8) is 0 Å². The van der Waals surface area contributed by atoms with Crippen LogP contribution in [0.3, 0.4) is 0 Å². The highest BCUT2D eigenvalue weighted by Gasteiger charge is 2.26. The molecule has 0 unspecified atom stereocenters. The average molecular weight is 335 g/mol. The first-order chi connectivity index (χ1) is 11.3. The number of rotatable bonds is 3. The maximum absolute atomic E-state index is 12.5. The highest BCUT2D eigenvalue weighted by atomic mass is 16.5. The molecule has 0 aromatic carbocycles. The fourth-order valence-corrected chi connectivity index (χ4v) is 2.81. The zero-order chi connectivity index (χ0) is 17.9. The lowest BCUT2D eigenvalue weighted by Crippen LogP contribution is -2.49. The van der Waals surface area contributed by atoms with Crippen LogP contribution in [-0.4, -0.2) is 53.8 Å². The molecule has 7 heteroatoms. The lowest BCUT2D eigenvalue weighted by Gasteiger charge is -2.35. The van der Waals surface area contributed by atoms with Crippen LogP contribution in [0.5, 0.6) is 0 Å². The zero-order valence-electron chi connectivity index (χ0n) is 14.9. The summed E-state index contributed by atoms with van der Waals surface area (Å²) < 4.78 is 10.7. The van der Waals surface area contributed by atoms with E-state index < -0.39 is 5.97 Å².